The molecule has 0 aromatic carbocycles. The van der Waals surface area contributed by atoms with E-state index >= 15 is 0 Å². The van der Waals surface area contributed by atoms with Crippen molar-refractivity contribution in [2.24, 2.45) is 0 Å². The van der Waals surface area contributed by atoms with Crippen LogP contribution in [-0.2, 0) is 0 Å². The van der Waals surface area contributed by atoms with Crippen LogP contribution in [0.25, 0.3) is 0 Å². The SMILES string of the molecule is O.O.[AlH3].[NaH]. The molecule has 0 amide bonds. The third kappa shape index (κ3) is 9.84. The van der Waals surface area contributed by atoms with Gasteiger partial charge >= 0.3 is 29.6 Å². The predicted octanol–water partition coefficient (Wildman–Crippen LogP) is -3.48. The van der Waals surface area contributed by atoms with E-state index in [0.717, 1.165) is 0 Å². The molecule has 0 unspecified atom stereocenters. The zero-order chi connectivity index (χ0) is 0. The summed E-state index contributed by atoms with van der Waals surface area (Å²) >= 11 is 0. The van der Waals surface area contributed by atoms with Gasteiger partial charge in [-0.25, -0.2) is 0 Å². The van der Waals surface area contributed by atoms with Crippen LogP contribution in [0, 0.1) is 0 Å². The number of rotatable bonds is 0. The van der Waals surface area contributed by atoms with Crippen molar-refractivity contribution in [2.45, 2.75) is 0 Å². The van der Waals surface area contributed by atoms with Gasteiger partial charge in [0.25, 0.3) is 0 Å². The van der Waals surface area contributed by atoms with Crippen molar-refractivity contribution in [3.05, 3.63) is 0 Å². The van der Waals surface area contributed by atoms with Gasteiger partial charge in [0.05, 0.1) is 0 Å². The average molecular weight is 90.0 g/mol. The maximum atomic E-state index is 0. The molecule has 0 rings (SSSR count). The van der Waals surface area contributed by atoms with E-state index in [1.165, 1.54) is 0 Å². The predicted molar refractivity (Wildman–Crippen MR) is 24.3 cm³/mol. The van der Waals surface area contributed by atoms with Gasteiger partial charge in [-0.15, -0.1) is 0 Å². The van der Waals surface area contributed by atoms with Crippen LogP contribution in [0.15, 0.2) is 0 Å². The first-order chi connectivity index (χ1) is 0. The third-order valence-corrected chi connectivity index (χ3v) is 0. The fourth-order valence-corrected chi connectivity index (χ4v) is 0. The molecule has 2 nitrogen and oxygen atoms in total. The Morgan fingerprint density at radius 2 is 0.750 bits per heavy atom. The summed E-state index contributed by atoms with van der Waals surface area (Å²) in [6.45, 7) is 0. The molecule has 4 heavy (non-hydrogen) atoms. The Bertz CT molecular complexity index is 6.00. The van der Waals surface area contributed by atoms with Gasteiger partial charge in [-0.3, -0.25) is 0 Å². The quantitative estimate of drug-likeness (QED) is 0.277. The van der Waals surface area contributed by atoms with Gasteiger partial charge in [0.2, 0.25) is 0 Å². The van der Waals surface area contributed by atoms with Gasteiger partial charge in [-0.05, 0) is 0 Å². The van der Waals surface area contributed by atoms with Gasteiger partial charge in [0.15, 0.2) is 17.4 Å². The number of hydrogen-bond donors (Lipinski definition) is 0. The summed E-state index contributed by atoms with van der Waals surface area (Å²) in [5.74, 6) is 0. The molecule has 0 saturated heterocycles. The maximum absolute atomic E-state index is 0. The normalized spacial score (nSPS) is 0. The Kier molecular flexibility index (Phi) is 322. The Labute approximate surface area is 57.6 Å². The molecule has 0 aliphatic carbocycles. The summed E-state index contributed by atoms with van der Waals surface area (Å²) in [4.78, 5) is 0. The second-order valence-electron chi connectivity index (χ2n) is 0. The van der Waals surface area contributed by atoms with Crippen LogP contribution in [-0.4, -0.2) is 57.9 Å². The van der Waals surface area contributed by atoms with E-state index in [0.29, 0.717) is 0 Å². The third-order valence-electron chi connectivity index (χ3n) is 0. The van der Waals surface area contributed by atoms with Crippen molar-refractivity contribution in [1.29, 1.82) is 0 Å². The monoisotopic (exact) mass is 90.0 g/mol. The zero-order valence-corrected chi connectivity index (χ0v) is 1.00. The van der Waals surface area contributed by atoms with E-state index in [-0.39, 0.29) is 57.9 Å². The molecule has 0 fully saturated rings. The zero-order valence-electron chi connectivity index (χ0n) is 1.00. The second-order valence-corrected chi connectivity index (χ2v) is 0. The molecule has 0 aromatic rings. The van der Waals surface area contributed by atoms with Crippen molar-refractivity contribution < 1.29 is 11.0 Å². The van der Waals surface area contributed by atoms with Gasteiger partial charge in [-0.1, -0.05) is 0 Å². The minimum atomic E-state index is 0. The molecule has 0 aliphatic rings. The Balaban J connectivity index is 0. The van der Waals surface area contributed by atoms with Crippen LogP contribution in [0.1, 0.15) is 0 Å². The minimum absolute atomic E-state index is 0. The summed E-state index contributed by atoms with van der Waals surface area (Å²) < 4.78 is 0. The molecule has 4 heteroatoms. The van der Waals surface area contributed by atoms with Crippen LogP contribution in [0.5, 0.6) is 0 Å². The molecule has 0 radical (unpaired) electrons. The molecule has 0 saturated carbocycles. The summed E-state index contributed by atoms with van der Waals surface area (Å²) in [7, 11) is 0. The van der Waals surface area contributed by atoms with E-state index in [1.54, 1.807) is 0 Å². The summed E-state index contributed by atoms with van der Waals surface area (Å²) in [5, 5.41) is 0. The second kappa shape index (κ2) is 25.2. The topological polar surface area (TPSA) is 63.0 Å². The Hall–Kier alpha value is 1.45. The summed E-state index contributed by atoms with van der Waals surface area (Å²) in [5.41, 5.74) is 0. The molecule has 0 atom stereocenters. The van der Waals surface area contributed by atoms with E-state index in [2.05, 4.69) is 0 Å². The van der Waals surface area contributed by atoms with Gasteiger partial charge < -0.3 is 11.0 Å². The molecule has 0 heterocycles. The van der Waals surface area contributed by atoms with Gasteiger partial charge in [0.1, 0.15) is 0 Å². The van der Waals surface area contributed by atoms with E-state index < -0.39 is 0 Å². The first-order valence-corrected chi connectivity index (χ1v) is 0. The van der Waals surface area contributed by atoms with Gasteiger partial charge in [0, 0.05) is 0 Å². The van der Waals surface area contributed by atoms with Crippen molar-refractivity contribution >= 4 is 46.9 Å². The first-order valence-electron chi connectivity index (χ1n) is 0. The van der Waals surface area contributed by atoms with Crippen LogP contribution in [0.4, 0.5) is 0 Å². The van der Waals surface area contributed by atoms with Crippen LogP contribution in [0.2, 0.25) is 0 Å². The average Bonchev–Trinajstić information content (AvgIpc) is 0. The molecular weight excluding hydrogens is 82.0 g/mol. The van der Waals surface area contributed by atoms with Crippen molar-refractivity contribution in [3.8, 4) is 0 Å². The molecule has 0 bridgehead atoms. The Morgan fingerprint density at radius 1 is 0.750 bits per heavy atom. The van der Waals surface area contributed by atoms with Crippen molar-refractivity contribution in [3.63, 3.8) is 0 Å². The van der Waals surface area contributed by atoms with E-state index in [4.69, 9.17) is 0 Å². The molecule has 0 spiro atoms. The van der Waals surface area contributed by atoms with Gasteiger partial charge in [-0.2, -0.15) is 0 Å². The molecule has 0 aromatic heterocycles. The summed E-state index contributed by atoms with van der Waals surface area (Å²) in [6.07, 6.45) is 0. The molecular formula is H8AlNaO2. The molecule has 24 valence electrons. The van der Waals surface area contributed by atoms with Crippen molar-refractivity contribution in [2.75, 3.05) is 0 Å². The standard InChI is InChI=1S/Al.Na.2H2O.4H/h;;2*1H2;;;;. The van der Waals surface area contributed by atoms with Crippen LogP contribution in [0.3, 0.4) is 0 Å². The fourth-order valence-electron chi connectivity index (χ4n) is 0. The number of hydrogen-bond acceptors (Lipinski definition) is 0. The van der Waals surface area contributed by atoms with Crippen LogP contribution < -0.4 is 0 Å². The summed E-state index contributed by atoms with van der Waals surface area (Å²) in [6, 6.07) is 0. The molecule has 0 aliphatic heterocycles. The van der Waals surface area contributed by atoms with E-state index in [1.807, 2.05) is 0 Å². The van der Waals surface area contributed by atoms with Crippen LogP contribution >= 0.6 is 0 Å². The Morgan fingerprint density at radius 3 is 0.750 bits per heavy atom. The first kappa shape index (κ1) is 51.2. The fraction of sp³-hybridized carbons (Fsp3) is 0. The molecule has 4 N–H and O–H groups in total. The van der Waals surface area contributed by atoms with Crippen molar-refractivity contribution in [1.82, 2.24) is 0 Å². The van der Waals surface area contributed by atoms with E-state index in [9.17, 15) is 0 Å².